The zero-order chi connectivity index (χ0) is 16.4. The van der Waals surface area contributed by atoms with E-state index in [0.29, 0.717) is 23.6 Å². The number of anilines is 1. The van der Waals surface area contributed by atoms with Crippen LogP contribution < -0.4 is 10.2 Å². The lowest BCUT2D eigenvalue weighted by Crippen LogP contribution is -2.37. The zero-order valence-corrected chi connectivity index (χ0v) is 13.5. The monoisotopic (exact) mass is 328 g/mol. The molecule has 3 rings (SSSR count). The van der Waals surface area contributed by atoms with E-state index in [4.69, 9.17) is 11.6 Å². The number of amides is 2. The fourth-order valence-electron chi connectivity index (χ4n) is 2.65. The molecule has 0 saturated carbocycles. The van der Waals surface area contributed by atoms with Gasteiger partial charge in [0.1, 0.15) is 0 Å². The number of carbonyl (C=O) groups excluding carboxylic acids is 2. The largest absolute Gasteiger partial charge is 0.347 e. The number of rotatable bonds is 3. The molecule has 0 aliphatic carbocycles. The van der Waals surface area contributed by atoms with Crippen LogP contribution in [0.1, 0.15) is 22.3 Å². The van der Waals surface area contributed by atoms with Crippen molar-refractivity contribution in [1.29, 1.82) is 0 Å². The van der Waals surface area contributed by atoms with Gasteiger partial charge in [-0.15, -0.1) is 0 Å². The highest BCUT2D eigenvalue weighted by atomic mass is 35.5. The molecular formula is C18H17ClN2O2. The number of halogens is 1. The number of hydrogen-bond acceptors (Lipinski definition) is 2. The molecule has 1 atom stereocenters. The quantitative estimate of drug-likeness (QED) is 0.940. The van der Waals surface area contributed by atoms with Crippen LogP contribution in [0.3, 0.4) is 0 Å². The molecule has 0 bridgehead atoms. The number of benzene rings is 2. The molecule has 1 saturated heterocycles. The van der Waals surface area contributed by atoms with E-state index in [1.54, 1.807) is 29.2 Å². The molecule has 1 N–H and O–H groups in total. The number of nitrogens with zero attached hydrogens (tertiary/aromatic N) is 1. The van der Waals surface area contributed by atoms with E-state index in [0.717, 1.165) is 11.3 Å². The highest BCUT2D eigenvalue weighted by Gasteiger charge is 2.31. The molecule has 1 unspecified atom stereocenters. The van der Waals surface area contributed by atoms with Crippen LogP contribution in [0.4, 0.5) is 5.69 Å². The van der Waals surface area contributed by atoms with Gasteiger partial charge in [0.05, 0.1) is 6.04 Å². The number of nitrogens with one attached hydrogen (secondary N) is 1. The van der Waals surface area contributed by atoms with Crippen LogP contribution in [-0.2, 0) is 4.79 Å². The molecule has 0 radical (unpaired) electrons. The smallest absolute Gasteiger partial charge is 0.251 e. The first kappa shape index (κ1) is 15.6. The number of aryl methyl sites for hydroxylation is 1. The fourth-order valence-corrected chi connectivity index (χ4v) is 2.77. The van der Waals surface area contributed by atoms with Crippen LogP contribution >= 0.6 is 11.6 Å². The van der Waals surface area contributed by atoms with Crippen LogP contribution in [0.15, 0.2) is 48.5 Å². The average Bonchev–Trinajstić information content (AvgIpc) is 2.89. The summed E-state index contributed by atoms with van der Waals surface area (Å²) in [6, 6.07) is 14.3. The topological polar surface area (TPSA) is 49.4 Å². The van der Waals surface area contributed by atoms with Gasteiger partial charge in [-0.1, -0.05) is 29.3 Å². The van der Waals surface area contributed by atoms with Gasteiger partial charge in [-0.05, 0) is 43.3 Å². The minimum absolute atomic E-state index is 0.00142. The summed E-state index contributed by atoms with van der Waals surface area (Å²) in [7, 11) is 0. The van der Waals surface area contributed by atoms with E-state index < -0.39 is 0 Å². The Morgan fingerprint density at radius 2 is 1.78 bits per heavy atom. The Morgan fingerprint density at radius 1 is 1.13 bits per heavy atom. The number of hydrogen-bond donors (Lipinski definition) is 1. The lowest BCUT2D eigenvalue weighted by molar-refractivity contribution is -0.117. The first-order valence-corrected chi connectivity index (χ1v) is 7.84. The summed E-state index contributed by atoms with van der Waals surface area (Å²) in [5.74, 6) is -0.151. The third-order valence-electron chi connectivity index (χ3n) is 3.91. The van der Waals surface area contributed by atoms with E-state index in [2.05, 4.69) is 5.32 Å². The molecule has 2 amide bonds. The predicted molar refractivity (Wildman–Crippen MR) is 90.9 cm³/mol. The highest BCUT2D eigenvalue weighted by molar-refractivity contribution is 6.30. The van der Waals surface area contributed by atoms with Crippen molar-refractivity contribution >= 4 is 29.1 Å². The van der Waals surface area contributed by atoms with Gasteiger partial charge in [0, 0.05) is 29.2 Å². The summed E-state index contributed by atoms with van der Waals surface area (Å²) >= 11 is 5.87. The first-order chi connectivity index (χ1) is 11.0. The van der Waals surface area contributed by atoms with Gasteiger partial charge in [0.15, 0.2) is 0 Å². The van der Waals surface area contributed by atoms with Gasteiger partial charge in [-0.25, -0.2) is 0 Å². The Labute approximate surface area is 140 Å². The van der Waals surface area contributed by atoms with Crippen LogP contribution in [0.25, 0.3) is 0 Å². The van der Waals surface area contributed by atoms with E-state index in [9.17, 15) is 9.59 Å². The summed E-state index contributed by atoms with van der Waals surface area (Å²) in [5, 5.41) is 3.56. The third kappa shape index (κ3) is 3.54. The van der Waals surface area contributed by atoms with Crippen LogP contribution in [0.5, 0.6) is 0 Å². The molecule has 0 aromatic heterocycles. The second kappa shape index (κ2) is 6.42. The SMILES string of the molecule is Cc1ccc(C(=O)NC2CC(=O)N(c3ccc(Cl)cc3)C2)cc1. The van der Waals surface area contributed by atoms with E-state index >= 15 is 0 Å². The lowest BCUT2D eigenvalue weighted by Gasteiger charge is -2.17. The van der Waals surface area contributed by atoms with Gasteiger partial charge in [0.25, 0.3) is 5.91 Å². The minimum Gasteiger partial charge on any atom is -0.347 e. The molecule has 118 valence electrons. The van der Waals surface area contributed by atoms with Crippen molar-refractivity contribution in [3.63, 3.8) is 0 Å². The summed E-state index contributed by atoms with van der Waals surface area (Å²) in [6.45, 7) is 2.44. The minimum atomic E-state index is -0.188. The Hall–Kier alpha value is -2.33. The standard InChI is InChI=1S/C18H17ClN2O2/c1-12-2-4-13(5-3-12)18(23)20-15-10-17(22)21(11-15)16-8-6-14(19)7-9-16/h2-9,15H,10-11H2,1H3,(H,20,23). The second-order valence-corrected chi connectivity index (χ2v) is 6.16. The molecule has 23 heavy (non-hydrogen) atoms. The maximum Gasteiger partial charge on any atom is 0.251 e. The van der Waals surface area contributed by atoms with Crippen molar-refractivity contribution in [1.82, 2.24) is 5.32 Å². The second-order valence-electron chi connectivity index (χ2n) is 5.72. The molecular weight excluding hydrogens is 312 g/mol. The maximum atomic E-state index is 12.2. The normalized spacial score (nSPS) is 17.4. The van der Waals surface area contributed by atoms with Gasteiger partial charge in [0.2, 0.25) is 5.91 Å². The van der Waals surface area contributed by atoms with Crippen molar-refractivity contribution in [3.05, 3.63) is 64.7 Å². The summed E-state index contributed by atoms with van der Waals surface area (Å²) < 4.78 is 0. The molecule has 4 nitrogen and oxygen atoms in total. The van der Waals surface area contributed by atoms with E-state index in [1.807, 2.05) is 31.2 Å². The molecule has 2 aromatic carbocycles. The Morgan fingerprint density at radius 3 is 2.43 bits per heavy atom. The summed E-state index contributed by atoms with van der Waals surface area (Å²) in [6.07, 6.45) is 0.306. The fraction of sp³-hybridized carbons (Fsp3) is 0.222. The average molecular weight is 329 g/mol. The van der Waals surface area contributed by atoms with Crippen molar-refractivity contribution in [2.24, 2.45) is 0 Å². The lowest BCUT2D eigenvalue weighted by atomic mass is 10.1. The van der Waals surface area contributed by atoms with Crippen molar-refractivity contribution < 1.29 is 9.59 Å². The van der Waals surface area contributed by atoms with Crippen LogP contribution in [0, 0.1) is 6.92 Å². The third-order valence-corrected chi connectivity index (χ3v) is 4.16. The van der Waals surface area contributed by atoms with Gasteiger partial charge in [-0.2, -0.15) is 0 Å². The van der Waals surface area contributed by atoms with E-state index in [-0.39, 0.29) is 17.9 Å². The maximum absolute atomic E-state index is 12.2. The first-order valence-electron chi connectivity index (χ1n) is 7.46. The predicted octanol–water partition coefficient (Wildman–Crippen LogP) is 3.18. The van der Waals surface area contributed by atoms with Gasteiger partial charge < -0.3 is 10.2 Å². The summed E-state index contributed by atoms with van der Waals surface area (Å²) in [5.41, 5.74) is 2.51. The van der Waals surface area contributed by atoms with Crippen LogP contribution in [-0.4, -0.2) is 24.4 Å². The molecule has 1 aliphatic heterocycles. The molecule has 2 aromatic rings. The molecule has 5 heteroatoms. The summed E-state index contributed by atoms with van der Waals surface area (Å²) in [4.78, 5) is 26.1. The molecule has 0 spiro atoms. The Balaban J connectivity index is 1.66. The Bertz CT molecular complexity index is 726. The van der Waals surface area contributed by atoms with Crippen molar-refractivity contribution in [2.45, 2.75) is 19.4 Å². The Kier molecular flexibility index (Phi) is 4.35. The van der Waals surface area contributed by atoms with Crippen molar-refractivity contribution in [3.8, 4) is 0 Å². The van der Waals surface area contributed by atoms with Crippen LogP contribution in [0.2, 0.25) is 5.02 Å². The van der Waals surface area contributed by atoms with Gasteiger partial charge >= 0.3 is 0 Å². The molecule has 1 aliphatic rings. The van der Waals surface area contributed by atoms with Crippen molar-refractivity contribution in [2.75, 3.05) is 11.4 Å². The zero-order valence-electron chi connectivity index (χ0n) is 12.8. The number of carbonyl (C=O) groups is 2. The van der Waals surface area contributed by atoms with E-state index in [1.165, 1.54) is 0 Å². The molecule has 1 heterocycles. The highest BCUT2D eigenvalue weighted by Crippen LogP contribution is 2.23. The van der Waals surface area contributed by atoms with Gasteiger partial charge in [-0.3, -0.25) is 9.59 Å². The molecule has 1 fully saturated rings.